The zero-order valence-electron chi connectivity index (χ0n) is 7.95. The summed E-state index contributed by atoms with van der Waals surface area (Å²) in [5.74, 6) is -0.304. The molecule has 1 aliphatic rings. The molecule has 0 aromatic carbocycles. The van der Waals surface area contributed by atoms with Crippen molar-refractivity contribution >= 4 is 17.3 Å². The van der Waals surface area contributed by atoms with E-state index in [2.05, 4.69) is 4.74 Å². The van der Waals surface area contributed by atoms with Crippen LogP contribution < -0.4 is 0 Å². The van der Waals surface area contributed by atoms with Gasteiger partial charge in [0.1, 0.15) is 0 Å². The summed E-state index contributed by atoms with van der Waals surface area (Å²) < 4.78 is 4.62. The molecule has 1 aliphatic carbocycles. The van der Waals surface area contributed by atoms with Crippen molar-refractivity contribution in [3.8, 4) is 0 Å². The Labute approximate surface area is 86.3 Å². The Hall–Kier alpha value is -0.870. The summed E-state index contributed by atoms with van der Waals surface area (Å²) in [7, 11) is 1.37. The molecule has 0 unspecified atom stereocenters. The van der Waals surface area contributed by atoms with Crippen LogP contribution in [0.25, 0.3) is 0 Å². The lowest BCUT2D eigenvalue weighted by Crippen LogP contribution is -2.09. The van der Waals surface area contributed by atoms with Gasteiger partial charge >= 0.3 is 5.97 Å². The maximum Gasteiger partial charge on any atom is 0.338 e. The van der Waals surface area contributed by atoms with Gasteiger partial charge in [-0.05, 0) is 18.9 Å². The van der Waals surface area contributed by atoms with Crippen molar-refractivity contribution in [1.29, 1.82) is 0 Å². The molecule has 0 amide bonds. The normalized spacial score (nSPS) is 17.9. The minimum absolute atomic E-state index is 0.0447. The Morgan fingerprint density at radius 2 is 2.43 bits per heavy atom. The highest BCUT2D eigenvalue weighted by molar-refractivity contribution is 7.10. The molecule has 14 heavy (non-hydrogen) atoms. The van der Waals surface area contributed by atoms with E-state index in [9.17, 15) is 9.90 Å². The van der Waals surface area contributed by atoms with Crippen molar-refractivity contribution in [1.82, 2.24) is 0 Å². The fraction of sp³-hybridized carbons (Fsp3) is 0.500. The second-order valence-electron chi connectivity index (χ2n) is 3.63. The van der Waals surface area contributed by atoms with Crippen molar-refractivity contribution in [2.24, 2.45) is 0 Å². The van der Waals surface area contributed by atoms with E-state index in [1.807, 2.05) is 6.07 Å². The number of carbonyl (C=O) groups is 1. The van der Waals surface area contributed by atoms with E-state index >= 15 is 0 Å². The van der Waals surface area contributed by atoms with Gasteiger partial charge in [0.05, 0.1) is 19.3 Å². The molecule has 0 aliphatic heterocycles. The quantitative estimate of drug-likeness (QED) is 0.773. The molecule has 0 spiro atoms. The molecule has 1 N–H and O–H groups in total. The average molecular weight is 212 g/mol. The summed E-state index contributed by atoms with van der Waals surface area (Å²) >= 11 is 1.53. The maximum atomic E-state index is 11.2. The number of rotatable bonds is 3. The second-order valence-corrected chi connectivity index (χ2v) is 4.54. The SMILES string of the molecule is COC(=O)c1csc(C2(CO)CC2)c1. The molecule has 1 fully saturated rings. The van der Waals surface area contributed by atoms with Crippen LogP contribution in [-0.2, 0) is 10.2 Å². The lowest BCUT2D eigenvalue weighted by atomic mass is 10.1. The Balaban J connectivity index is 2.22. The molecule has 2 rings (SSSR count). The van der Waals surface area contributed by atoms with Gasteiger partial charge < -0.3 is 9.84 Å². The average Bonchev–Trinajstić information content (AvgIpc) is 2.87. The van der Waals surface area contributed by atoms with Crippen LogP contribution in [0, 0.1) is 0 Å². The molecular formula is C10H12O3S. The van der Waals surface area contributed by atoms with E-state index in [0.717, 1.165) is 17.7 Å². The number of hydrogen-bond acceptors (Lipinski definition) is 4. The topological polar surface area (TPSA) is 46.5 Å². The van der Waals surface area contributed by atoms with E-state index in [1.165, 1.54) is 18.4 Å². The number of aliphatic hydroxyl groups is 1. The third-order valence-corrected chi connectivity index (χ3v) is 3.88. The number of carbonyl (C=O) groups excluding carboxylic acids is 1. The van der Waals surface area contributed by atoms with Gasteiger partial charge in [-0.25, -0.2) is 4.79 Å². The standard InChI is InChI=1S/C10H12O3S/c1-13-9(12)7-4-8(14-5-7)10(6-11)2-3-10/h4-5,11H,2-3,6H2,1H3. The fourth-order valence-corrected chi connectivity index (χ4v) is 2.60. The molecule has 76 valence electrons. The summed E-state index contributed by atoms with van der Waals surface area (Å²) in [4.78, 5) is 12.3. The van der Waals surface area contributed by atoms with Crippen LogP contribution in [0.4, 0.5) is 0 Å². The predicted molar refractivity (Wildman–Crippen MR) is 53.7 cm³/mol. The minimum atomic E-state index is -0.304. The Bertz CT molecular complexity index is 352. The van der Waals surface area contributed by atoms with Gasteiger partial charge in [-0.15, -0.1) is 11.3 Å². The van der Waals surface area contributed by atoms with E-state index in [0.29, 0.717) is 5.56 Å². The molecule has 1 aromatic heterocycles. The summed E-state index contributed by atoms with van der Waals surface area (Å²) in [6.45, 7) is 0.175. The summed E-state index contributed by atoms with van der Waals surface area (Å²) in [5.41, 5.74) is 0.545. The first-order valence-electron chi connectivity index (χ1n) is 4.50. The lowest BCUT2D eigenvalue weighted by Gasteiger charge is -2.06. The van der Waals surface area contributed by atoms with E-state index < -0.39 is 0 Å². The highest BCUT2D eigenvalue weighted by atomic mass is 32.1. The van der Waals surface area contributed by atoms with Gasteiger partial charge in [-0.2, -0.15) is 0 Å². The molecule has 1 saturated carbocycles. The molecule has 0 atom stereocenters. The van der Waals surface area contributed by atoms with Crippen molar-refractivity contribution in [2.45, 2.75) is 18.3 Å². The summed E-state index contributed by atoms with van der Waals surface area (Å²) in [6.07, 6.45) is 2.04. The Morgan fingerprint density at radius 3 is 2.93 bits per heavy atom. The van der Waals surface area contributed by atoms with E-state index in [-0.39, 0.29) is 18.0 Å². The lowest BCUT2D eigenvalue weighted by molar-refractivity contribution is 0.0601. The molecule has 0 radical (unpaired) electrons. The third-order valence-electron chi connectivity index (χ3n) is 2.70. The maximum absolute atomic E-state index is 11.2. The fourth-order valence-electron chi connectivity index (χ4n) is 1.47. The smallest absolute Gasteiger partial charge is 0.338 e. The van der Waals surface area contributed by atoms with Crippen LogP contribution in [0.1, 0.15) is 28.1 Å². The number of esters is 1. The van der Waals surface area contributed by atoms with Crippen molar-refractivity contribution in [3.63, 3.8) is 0 Å². The van der Waals surface area contributed by atoms with Crippen LogP contribution >= 0.6 is 11.3 Å². The minimum Gasteiger partial charge on any atom is -0.465 e. The molecular weight excluding hydrogens is 200 g/mol. The molecule has 1 aromatic rings. The predicted octanol–water partition coefficient (Wildman–Crippen LogP) is 1.56. The van der Waals surface area contributed by atoms with Crippen molar-refractivity contribution < 1.29 is 14.6 Å². The van der Waals surface area contributed by atoms with E-state index in [4.69, 9.17) is 0 Å². The van der Waals surface area contributed by atoms with Crippen molar-refractivity contribution in [3.05, 3.63) is 21.9 Å². The molecule has 0 bridgehead atoms. The van der Waals surface area contributed by atoms with Crippen molar-refractivity contribution in [2.75, 3.05) is 13.7 Å². The van der Waals surface area contributed by atoms with E-state index in [1.54, 1.807) is 5.38 Å². The molecule has 0 saturated heterocycles. The number of ether oxygens (including phenoxy) is 1. The zero-order valence-corrected chi connectivity index (χ0v) is 8.76. The molecule has 3 nitrogen and oxygen atoms in total. The largest absolute Gasteiger partial charge is 0.465 e. The van der Waals surface area contributed by atoms with Gasteiger partial charge in [0.25, 0.3) is 0 Å². The number of aliphatic hydroxyl groups excluding tert-OH is 1. The van der Waals surface area contributed by atoms with Gasteiger partial charge in [0.15, 0.2) is 0 Å². The van der Waals surface area contributed by atoms with Gasteiger partial charge in [-0.3, -0.25) is 0 Å². The first kappa shape index (κ1) is 9.68. The highest BCUT2D eigenvalue weighted by Crippen LogP contribution is 2.49. The summed E-state index contributed by atoms with van der Waals surface area (Å²) in [6, 6.07) is 1.83. The number of hydrogen-bond donors (Lipinski definition) is 1. The van der Waals surface area contributed by atoms with Gasteiger partial charge in [0.2, 0.25) is 0 Å². The third kappa shape index (κ3) is 1.44. The second kappa shape index (κ2) is 3.37. The molecule has 4 heteroatoms. The first-order valence-corrected chi connectivity index (χ1v) is 5.38. The zero-order chi connectivity index (χ0) is 10.2. The van der Waals surface area contributed by atoms with Gasteiger partial charge in [-0.1, -0.05) is 0 Å². The first-order chi connectivity index (χ1) is 6.72. The number of thiophene rings is 1. The summed E-state index contributed by atoms with van der Waals surface area (Å²) in [5, 5.41) is 11.0. The Kier molecular flexibility index (Phi) is 2.33. The number of methoxy groups -OCH3 is 1. The molecule has 1 heterocycles. The van der Waals surface area contributed by atoms with Crippen LogP contribution in [0.2, 0.25) is 0 Å². The van der Waals surface area contributed by atoms with Crippen LogP contribution in [-0.4, -0.2) is 24.8 Å². The van der Waals surface area contributed by atoms with Crippen LogP contribution in [0.3, 0.4) is 0 Å². The highest BCUT2D eigenvalue weighted by Gasteiger charge is 2.45. The van der Waals surface area contributed by atoms with Gasteiger partial charge in [0, 0.05) is 15.7 Å². The monoisotopic (exact) mass is 212 g/mol. The Morgan fingerprint density at radius 1 is 1.71 bits per heavy atom. The van der Waals surface area contributed by atoms with Crippen LogP contribution in [0.5, 0.6) is 0 Å². The van der Waals surface area contributed by atoms with Crippen LogP contribution in [0.15, 0.2) is 11.4 Å².